The summed E-state index contributed by atoms with van der Waals surface area (Å²) in [5.74, 6) is 0.652. The fourth-order valence-electron chi connectivity index (χ4n) is 1.79. The standard InChI is InChI=1S/C11H15ClN4O/c1-6-7(2)10(16-15-9(6)12)14-8-4-3-5-13-11(8)17/h8H,3-5H2,1-2H3,(H,13,17)(H,14,16). The van der Waals surface area contributed by atoms with Crippen LogP contribution in [0.2, 0.25) is 5.15 Å². The normalized spacial score (nSPS) is 19.9. The summed E-state index contributed by atoms with van der Waals surface area (Å²) in [4.78, 5) is 11.6. The lowest BCUT2D eigenvalue weighted by Crippen LogP contribution is -2.44. The number of carbonyl (C=O) groups is 1. The Bertz CT molecular complexity index is 449. The van der Waals surface area contributed by atoms with E-state index in [9.17, 15) is 4.79 Å². The lowest BCUT2D eigenvalue weighted by atomic mass is 10.1. The highest BCUT2D eigenvalue weighted by Gasteiger charge is 2.23. The van der Waals surface area contributed by atoms with Crippen LogP contribution in [0.25, 0.3) is 0 Å². The van der Waals surface area contributed by atoms with Crippen molar-refractivity contribution in [1.29, 1.82) is 0 Å². The Morgan fingerprint density at radius 3 is 2.82 bits per heavy atom. The molecule has 1 unspecified atom stereocenters. The summed E-state index contributed by atoms with van der Waals surface area (Å²) in [6.07, 6.45) is 1.79. The van der Waals surface area contributed by atoms with E-state index in [1.54, 1.807) is 0 Å². The van der Waals surface area contributed by atoms with Crippen LogP contribution >= 0.6 is 11.6 Å². The van der Waals surface area contributed by atoms with E-state index in [-0.39, 0.29) is 11.9 Å². The summed E-state index contributed by atoms with van der Waals surface area (Å²) < 4.78 is 0. The third-order valence-corrected chi connectivity index (χ3v) is 3.42. The molecular weight excluding hydrogens is 240 g/mol. The maximum atomic E-state index is 11.6. The first-order chi connectivity index (χ1) is 8.09. The van der Waals surface area contributed by atoms with Gasteiger partial charge in [0.05, 0.1) is 0 Å². The van der Waals surface area contributed by atoms with E-state index in [0.717, 1.165) is 30.5 Å². The van der Waals surface area contributed by atoms with Gasteiger partial charge in [-0.15, -0.1) is 10.2 Å². The number of amides is 1. The smallest absolute Gasteiger partial charge is 0.242 e. The van der Waals surface area contributed by atoms with Crippen molar-refractivity contribution in [2.45, 2.75) is 32.7 Å². The Morgan fingerprint density at radius 1 is 1.35 bits per heavy atom. The zero-order valence-electron chi connectivity index (χ0n) is 9.88. The highest BCUT2D eigenvalue weighted by Crippen LogP contribution is 2.22. The quantitative estimate of drug-likeness (QED) is 0.838. The first kappa shape index (κ1) is 12.1. The lowest BCUT2D eigenvalue weighted by Gasteiger charge is -2.23. The highest BCUT2D eigenvalue weighted by molar-refractivity contribution is 6.30. The molecule has 1 aromatic heterocycles. The Hall–Kier alpha value is -1.36. The molecule has 0 saturated carbocycles. The minimum Gasteiger partial charge on any atom is -0.357 e. The number of piperidine rings is 1. The van der Waals surface area contributed by atoms with E-state index < -0.39 is 0 Å². The summed E-state index contributed by atoms with van der Waals surface area (Å²) in [5.41, 5.74) is 1.82. The maximum absolute atomic E-state index is 11.6. The first-order valence-electron chi connectivity index (χ1n) is 5.63. The summed E-state index contributed by atoms with van der Waals surface area (Å²) in [5, 5.41) is 14.2. The first-order valence-corrected chi connectivity index (χ1v) is 6.01. The van der Waals surface area contributed by atoms with Gasteiger partial charge in [0.15, 0.2) is 11.0 Å². The predicted molar refractivity (Wildman–Crippen MR) is 66.2 cm³/mol. The summed E-state index contributed by atoms with van der Waals surface area (Å²) in [7, 11) is 0. The highest BCUT2D eigenvalue weighted by atomic mass is 35.5. The molecule has 1 aromatic rings. The van der Waals surface area contributed by atoms with Crippen LogP contribution in [0.5, 0.6) is 0 Å². The molecule has 0 aliphatic carbocycles. The van der Waals surface area contributed by atoms with Crippen molar-refractivity contribution in [2.75, 3.05) is 11.9 Å². The van der Waals surface area contributed by atoms with Crippen molar-refractivity contribution in [3.05, 3.63) is 16.3 Å². The van der Waals surface area contributed by atoms with Crippen LogP contribution < -0.4 is 10.6 Å². The second-order valence-corrected chi connectivity index (χ2v) is 4.58. The van der Waals surface area contributed by atoms with Crippen molar-refractivity contribution < 1.29 is 4.79 Å². The third-order valence-electron chi connectivity index (χ3n) is 3.06. The third kappa shape index (κ3) is 2.49. The van der Waals surface area contributed by atoms with E-state index in [1.807, 2.05) is 13.8 Å². The Labute approximate surface area is 105 Å². The maximum Gasteiger partial charge on any atom is 0.242 e. The van der Waals surface area contributed by atoms with E-state index in [1.165, 1.54) is 0 Å². The molecule has 1 atom stereocenters. The molecule has 5 nitrogen and oxygen atoms in total. The summed E-state index contributed by atoms with van der Waals surface area (Å²) >= 11 is 5.88. The van der Waals surface area contributed by atoms with Crippen LogP contribution in [0.1, 0.15) is 24.0 Å². The molecule has 2 heterocycles. The number of nitrogens with one attached hydrogen (secondary N) is 2. The van der Waals surface area contributed by atoms with Crippen molar-refractivity contribution in [1.82, 2.24) is 15.5 Å². The van der Waals surface area contributed by atoms with Crippen molar-refractivity contribution in [3.8, 4) is 0 Å². The predicted octanol–water partition coefficient (Wildman–Crippen LogP) is 1.44. The Morgan fingerprint density at radius 2 is 2.12 bits per heavy atom. The van der Waals surface area contributed by atoms with Crippen LogP contribution in [-0.4, -0.2) is 28.7 Å². The van der Waals surface area contributed by atoms with Crippen molar-refractivity contribution >= 4 is 23.3 Å². The van der Waals surface area contributed by atoms with Crippen molar-refractivity contribution in [2.24, 2.45) is 0 Å². The average molecular weight is 255 g/mol. The van der Waals surface area contributed by atoms with Crippen molar-refractivity contribution in [3.63, 3.8) is 0 Å². The van der Waals surface area contributed by atoms with Gasteiger partial charge in [-0.2, -0.15) is 0 Å². The fourth-order valence-corrected chi connectivity index (χ4v) is 1.97. The second kappa shape index (κ2) is 4.87. The number of aromatic nitrogens is 2. The molecule has 2 rings (SSSR count). The number of rotatable bonds is 2. The van der Waals surface area contributed by atoms with Gasteiger partial charge >= 0.3 is 0 Å². The average Bonchev–Trinajstić information content (AvgIpc) is 2.32. The molecular formula is C11H15ClN4O. The van der Waals surface area contributed by atoms with Gasteiger partial charge in [-0.25, -0.2) is 0 Å². The van der Waals surface area contributed by atoms with Gasteiger partial charge in [-0.05, 0) is 37.8 Å². The van der Waals surface area contributed by atoms with E-state index in [2.05, 4.69) is 20.8 Å². The van der Waals surface area contributed by atoms with Gasteiger partial charge in [0.2, 0.25) is 5.91 Å². The molecule has 0 bridgehead atoms. The van der Waals surface area contributed by atoms with Gasteiger partial charge in [0.25, 0.3) is 0 Å². The molecule has 1 aliphatic heterocycles. The summed E-state index contributed by atoms with van der Waals surface area (Å²) in [6.45, 7) is 4.55. The Kier molecular flexibility index (Phi) is 3.47. The van der Waals surface area contributed by atoms with Crippen LogP contribution in [0, 0.1) is 13.8 Å². The molecule has 1 saturated heterocycles. The zero-order chi connectivity index (χ0) is 12.4. The van der Waals surface area contributed by atoms with Crippen LogP contribution in [-0.2, 0) is 4.79 Å². The molecule has 0 spiro atoms. The minimum atomic E-state index is -0.225. The van der Waals surface area contributed by atoms with E-state index >= 15 is 0 Å². The number of halogens is 1. The van der Waals surface area contributed by atoms with Crippen LogP contribution in [0.4, 0.5) is 5.82 Å². The minimum absolute atomic E-state index is 0.0186. The van der Waals surface area contributed by atoms with Gasteiger partial charge in [0.1, 0.15) is 6.04 Å². The number of carbonyl (C=O) groups excluding carboxylic acids is 1. The molecule has 6 heteroatoms. The molecule has 1 aliphatic rings. The number of hydrogen-bond acceptors (Lipinski definition) is 4. The lowest BCUT2D eigenvalue weighted by molar-refractivity contribution is -0.123. The molecule has 0 aromatic carbocycles. The number of anilines is 1. The Balaban J connectivity index is 2.18. The monoisotopic (exact) mass is 254 g/mol. The number of nitrogens with zero attached hydrogens (tertiary/aromatic N) is 2. The van der Waals surface area contributed by atoms with Gasteiger partial charge in [-0.1, -0.05) is 11.6 Å². The zero-order valence-corrected chi connectivity index (χ0v) is 10.6. The SMILES string of the molecule is Cc1c(Cl)nnc(NC2CCCNC2=O)c1C. The van der Waals surface area contributed by atoms with E-state index in [4.69, 9.17) is 11.6 Å². The van der Waals surface area contributed by atoms with Gasteiger partial charge in [-0.3, -0.25) is 4.79 Å². The topological polar surface area (TPSA) is 66.9 Å². The van der Waals surface area contributed by atoms with Crippen LogP contribution in [0.3, 0.4) is 0 Å². The molecule has 17 heavy (non-hydrogen) atoms. The largest absolute Gasteiger partial charge is 0.357 e. The van der Waals surface area contributed by atoms with Crippen LogP contribution in [0.15, 0.2) is 0 Å². The van der Waals surface area contributed by atoms with E-state index in [0.29, 0.717) is 11.0 Å². The van der Waals surface area contributed by atoms with Gasteiger partial charge < -0.3 is 10.6 Å². The second-order valence-electron chi connectivity index (χ2n) is 4.22. The molecule has 2 N–H and O–H groups in total. The molecule has 92 valence electrons. The summed E-state index contributed by atoms with van der Waals surface area (Å²) in [6, 6.07) is -0.225. The molecule has 0 radical (unpaired) electrons. The molecule has 1 amide bonds. The molecule has 1 fully saturated rings. The fraction of sp³-hybridized carbons (Fsp3) is 0.545. The van der Waals surface area contributed by atoms with Gasteiger partial charge in [0, 0.05) is 6.54 Å². The number of hydrogen-bond donors (Lipinski definition) is 2.